The second kappa shape index (κ2) is 6.07. The van der Waals surface area contributed by atoms with Crippen LogP contribution >= 0.6 is 0 Å². The van der Waals surface area contributed by atoms with E-state index in [4.69, 9.17) is 5.73 Å². The summed E-state index contributed by atoms with van der Waals surface area (Å²) >= 11 is 0. The smallest absolute Gasteiger partial charge is 0.163 e. The normalized spacial score (nSPS) is 10.3. The third-order valence-corrected chi connectivity index (χ3v) is 3.13. The summed E-state index contributed by atoms with van der Waals surface area (Å²) in [6.07, 6.45) is 1.64. The van der Waals surface area contributed by atoms with E-state index in [-0.39, 0.29) is 6.04 Å². The number of benzene rings is 1. The van der Waals surface area contributed by atoms with Crippen molar-refractivity contribution in [3.8, 4) is 6.07 Å². The lowest BCUT2D eigenvalue weighted by atomic mass is 10.1. The Morgan fingerprint density at radius 2 is 2.10 bits per heavy atom. The summed E-state index contributed by atoms with van der Waals surface area (Å²) < 4.78 is 0. The Morgan fingerprint density at radius 3 is 2.75 bits per heavy atom. The van der Waals surface area contributed by atoms with Crippen LogP contribution < -0.4 is 10.6 Å². The second-order valence-electron chi connectivity index (χ2n) is 4.95. The Kier molecular flexibility index (Phi) is 4.21. The predicted molar refractivity (Wildman–Crippen MR) is 81.1 cm³/mol. The standard InChI is InChI=1S/C16H18N4/c1-12(2)20(11-13-5-3-6-14(18)9-13)16-7-4-8-19-15(16)10-17/h3-9,12H,11,18H2,1-2H3. The number of nitriles is 1. The van der Waals surface area contributed by atoms with Crippen molar-refractivity contribution in [3.05, 3.63) is 53.9 Å². The summed E-state index contributed by atoms with van der Waals surface area (Å²) in [5.74, 6) is 0. The maximum atomic E-state index is 9.20. The monoisotopic (exact) mass is 266 g/mol. The Labute approximate surface area is 119 Å². The molecular formula is C16H18N4. The van der Waals surface area contributed by atoms with Crippen LogP contribution in [0.2, 0.25) is 0 Å². The van der Waals surface area contributed by atoms with E-state index in [0.29, 0.717) is 12.2 Å². The number of rotatable bonds is 4. The number of pyridine rings is 1. The molecule has 1 aromatic heterocycles. The van der Waals surface area contributed by atoms with Gasteiger partial charge in [-0.25, -0.2) is 4.98 Å². The Balaban J connectivity index is 2.35. The number of nitrogen functional groups attached to an aromatic ring is 1. The molecule has 1 aromatic carbocycles. The van der Waals surface area contributed by atoms with Gasteiger partial charge in [0.15, 0.2) is 5.69 Å². The molecule has 0 spiro atoms. The van der Waals surface area contributed by atoms with Crippen LogP contribution in [-0.4, -0.2) is 11.0 Å². The molecule has 0 aliphatic rings. The van der Waals surface area contributed by atoms with Crippen LogP contribution in [0.15, 0.2) is 42.6 Å². The minimum Gasteiger partial charge on any atom is -0.399 e. The molecular weight excluding hydrogens is 248 g/mol. The quantitative estimate of drug-likeness (QED) is 0.864. The fourth-order valence-corrected chi connectivity index (χ4v) is 2.15. The molecule has 0 amide bonds. The van der Waals surface area contributed by atoms with Gasteiger partial charge in [-0.15, -0.1) is 0 Å². The summed E-state index contributed by atoms with van der Waals surface area (Å²) in [6.45, 7) is 4.89. The predicted octanol–water partition coefficient (Wildman–Crippen LogP) is 2.95. The van der Waals surface area contributed by atoms with Crippen LogP contribution in [0.4, 0.5) is 11.4 Å². The van der Waals surface area contributed by atoms with Gasteiger partial charge < -0.3 is 10.6 Å². The minimum absolute atomic E-state index is 0.257. The Hall–Kier alpha value is -2.54. The van der Waals surface area contributed by atoms with Crippen LogP contribution in [0, 0.1) is 11.3 Å². The SMILES string of the molecule is CC(C)N(Cc1cccc(N)c1)c1cccnc1C#N. The number of nitrogens with two attached hydrogens (primary N) is 1. The first-order valence-electron chi connectivity index (χ1n) is 6.58. The number of aromatic nitrogens is 1. The van der Waals surface area contributed by atoms with Crippen LogP contribution in [-0.2, 0) is 6.54 Å². The van der Waals surface area contributed by atoms with Gasteiger partial charge in [0.2, 0.25) is 0 Å². The molecule has 4 nitrogen and oxygen atoms in total. The van der Waals surface area contributed by atoms with Gasteiger partial charge in [-0.05, 0) is 43.7 Å². The lowest BCUT2D eigenvalue weighted by Gasteiger charge is -2.29. The van der Waals surface area contributed by atoms with Gasteiger partial charge in [0.1, 0.15) is 6.07 Å². The lowest BCUT2D eigenvalue weighted by Crippen LogP contribution is -2.31. The van der Waals surface area contributed by atoms with Gasteiger partial charge in [-0.3, -0.25) is 0 Å². The number of anilines is 2. The van der Waals surface area contributed by atoms with Crippen LogP contribution in [0.3, 0.4) is 0 Å². The molecule has 0 radical (unpaired) electrons. The molecule has 20 heavy (non-hydrogen) atoms. The van der Waals surface area contributed by atoms with E-state index in [1.165, 1.54) is 0 Å². The van der Waals surface area contributed by atoms with Gasteiger partial charge in [0.25, 0.3) is 0 Å². The number of hydrogen-bond acceptors (Lipinski definition) is 4. The third kappa shape index (κ3) is 3.07. The molecule has 0 saturated heterocycles. The first kappa shape index (κ1) is 13.9. The minimum atomic E-state index is 0.257. The van der Waals surface area contributed by atoms with Crippen molar-refractivity contribution in [1.82, 2.24) is 4.98 Å². The van der Waals surface area contributed by atoms with Crippen LogP contribution in [0.5, 0.6) is 0 Å². The van der Waals surface area contributed by atoms with Crippen molar-refractivity contribution in [2.45, 2.75) is 26.4 Å². The molecule has 2 aromatic rings. The van der Waals surface area contributed by atoms with Gasteiger partial charge in [-0.2, -0.15) is 5.26 Å². The van der Waals surface area contributed by atoms with E-state index in [1.54, 1.807) is 6.20 Å². The highest BCUT2D eigenvalue weighted by molar-refractivity contribution is 5.57. The molecule has 0 atom stereocenters. The van der Waals surface area contributed by atoms with E-state index >= 15 is 0 Å². The summed E-state index contributed by atoms with van der Waals surface area (Å²) in [5, 5.41) is 9.20. The zero-order chi connectivity index (χ0) is 14.5. The van der Waals surface area contributed by atoms with Crippen molar-refractivity contribution in [3.63, 3.8) is 0 Å². The van der Waals surface area contributed by atoms with Crippen molar-refractivity contribution in [2.75, 3.05) is 10.6 Å². The van der Waals surface area contributed by atoms with Crippen LogP contribution in [0.25, 0.3) is 0 Å². The van der Waals surface area contributed by atoms with Gasteiger partial charge in [0.05, 0.1) is 5.69 Å². The highest BCUT2D eigenvalue weighted by Gasteiger charge is 2.15. The fourth-order valence-electron chi connectivity index (χ4n) is 2.15. The Morgan fingerprint density at radius 1 is 1.30 bits per heavy atom. The summed E-state index contributed by atoms with van der Waals surface area (Å²) in [6, 6.07) is 14.0. The molecule has 0 aliphatic carbocycles. The van der Waals surface area contributed by atoms with Gasteiger partial charge in [0, 0.05) is 24.5 Å². The number of hydrogen-bond donors (Lipinski definition) is 1. The second-order valence-corrected chi connectivity index (χ2v) is 4.95. The van der Waals surface area contributed by atoms with Gasteiger partial charge >= 0.3 is 0 Å². The summed E-state index contributed by atoms with van der Waals surface area (Å²) in [5.41, 5.74) is 8.99. The summed E-state index contributed by atoms with van der Waals surface area (Å²) in [4.78, 5) is 6.29. The average Bonchev–Trinajstić information content (AvgIpc) is 2.44. The van der Waals surface area contributed by atoms with Crippen molar-refractivity contribution in [2.24, 2.45) is 0 Å². The highest BCUT2D eigenvalue weighted by Crippen LogP contribution is 2.23. The molecule has 102 valence electrons. The van der Waals surface area contributed by atoms with E-state index in [1.807, 2.05) is 36.4 Å². The van der Waals surface area contributed by atoms with Crippen molar-refractivity contribution in [1.29, 1.82) is 5.26 Å². The zero-order valence-corrected chi connectivity index (χ0v) is 11.7. The summed E-state index contributed by atoms with van der Waals surface area (Å²) in [7, 11) is 0. The van der Waals surface area contributed by atoms with E-state index in [9.17, 15) is 5.26 Å². The molecule has 0 bridgehead atoms. The van der Waals surface area contributed by atoms with Crippen LogP contribution in [0.1, 0.15) is 25.1 Å². The van der Waals surface area contributed by atoms with E-state index in [0.717, 1.165) is 16.9 Å². The number of nitrogens with zero attached hydrogens (tertiary/aromatic N) is 3. The molecule has 4 heteroatoms. The molecule has 2 rings (SSSR count). The van der Waals surface area contributed by atoms with Gasteiger partial charge in [-0.1, -0.05) is 12.1 Å². The maximum Gasteiger partial charge on any atom is 0.163 e. The Bertz CT molecular complexity index is 628. The maximum absolute atomic E-state index is 9.20. The molecule has 2 N–H and O–H groups in total. The van der Waals surface area contributed by atoms with E-state index in [2.05, 4.69) is 29.8 Å². The topological polar surface area (TPSA) is 65.9 Å². The highest BCUT2D eigenvalue weighted by atomic mass is 15.2. The average molecular weight is 266 g/mol. The molecule has 0 fully saturated rings. The largest absolute Gasteiger partial charge is 0.399 e. The molecule has 0 aliphatic heterocycles. The zero-order valence-electron chi connectivity index (χ0n) is 11.7. The molecule has 0 saturated carbocycles. The fraction of sp³-hybridized carbons (Fsp3) is 0.250. The third-order valence-electron chi connectivity index (χ3n) is 3.13. The molecule has 0 unspecified atom stereocenters. The lowest BCUT2D eigenvalue weighted by molar-refractivity contribution is 0.680. The molecule has 1 heterocycles. The first-order valence-corrected chi connectivity index (χ1v) is 6.58. The van der Waals surface area contributed by atoms with E-state index < -0.39 is 0 Å². The van der Waals surface area contributed by atoms with Crippen molar-refractivity contribution >= 4 is 11.4 Å². The van der Waals surface area contributed by atoms with Crippen molar-refractivity contribution < 1.29 is 0 Å². The first-order chi connectivity index (χ1) is 9.61.